The van der Waals surface area contributed by atoms with Crippen LogP contribution < -0.4 is 10.1 Å². The number of benzene rings is 4. The maximum atomic E-state index is 12.0. The van der Waals surface area contributed by atoms with Crippen molar-refractivity contribution in [2.75, 3.05) is 5.32 Å². The van der Waals surface area contributed by atoms with E-state index in [0.29, 0.717) is 0 Å². The van der Waals surface area contributed by atoms with E-state index in [9.17, 15) is 4.79 Å². The Morgan fingerprint density at radius 2 is 1.63 bits per heavy atom. The third-order valence-electron chi connectivity index (χ3n) is 5.53. The molecule has 1 N–H and O–H groups in total. The molecule has 0 fully saturated rings. The molecule has 0 aliphatic rings. The van der Waals surface area contributed by atoms with E-state index in [4.69, 9.17) is 4.74 Å². The van der Waals surface area contributed by atoms with Crippen molar-refractivity contribution in [2.45, 2.75) is 6.92 Å². The predicted molar refractivity (Wildman–Crippen MR) is 140 cm³/mol. The van der Waals surface area contributed by atoms with Crippen LogP contribution in [0.3, 0.4) is 0 Å². The molecule has 0 spiro atoms. The highest BCUT2D eigenvalue weighted by molar-refractivity contribution is 6.01. The summed E-state index contributed by atoms with van der Waals surface area (Å²) in [6, 6.07) is 29.7. The summed E-state index contributed by atoms with van der Waals surface area (Å²) in [7, 11) is 0. The first kappa shape index (κ1) is 22.0. The largest absolute Gasteiger partial charge is 0.457 e. The van der Waals surface area contributed by atoms with Crippen molar-refractivity contribution in [1.29, 1.82) is 0 Å². The van der Waals surface area contributed by atoms with Crippen LogP contribution in [-0.2, 0) is 4.79 Å². The number of amides is 1. The third kappa shape index (κ3) is 5.09. The number of nitrogens with one attached hydrogen (secondary N) is 1. The van der Waals surface area contributed by atoms with E-state index in [1.165, 1.54) is 6.08 Å². The molecular weight excluding hydrogens is 434 g/mol. The molecule has 0 saturated carbocycles. The van der Waals surface area contributed by atoms with Gasteiger partial charge in [-0.3, -0.25) is 4.79 Å². The molecule has 0 atom stereocenters. The van der Waals surface area contributed by atoms with Crippen LogP contribution in [0.4, 0.5) is 5.69 Å². The number of carbonyl (C=O) groups is 1. The van der Waals surface area contributed by atoms with Crippen LogP contribution in [-0.4, -0.2) is 15.9 Å². The number of rotatable bonds is 6. The van der Waals surface area contributed by atoms with Gasteiger partial charge < -0.3 is 10.1 Å². The van der Waals surface area contributed by atoms with Crippen LogP contribution in [0.5, 0.6) is 11.5 Å². The maximum absolute atomic E-state index is 12.0. The van der Waals surface area contributed by atoms with Crippen LogP contribution in [0.2, 0.25) is 0 Å². The fourth-order valence-electron chi connectivity index (χ4n) is 3.93. The highest BCUT2D eigenvalue weighted by Gasteiger charge is 2.11. The normalized spacial score (nSPS) is 11.0. The van der Waals surface area contributed by atoms with Gasteiger partial charge in [-0.05, 0) is 78.2 Å². The Hall–Kier alpha value is -4.77. The molecule has 5 aromatic rings. The van der Waals surface area contributed by atoms with Crippen LogP contribution >= 0.6 is 0 Å². The number of para-hydroxylation sites is 1. The molecule has 0 bridgehead atoms. The molecular formula is C30H23N3O2. The number of nitrogens with zero attached hydrogens (tertiary/aromatic N) is 2. The lowest BCUT2D eigenvalue weighted by Gasteiger charge is -2.12. The number of allylic oxidation sites excluding steroid dienone is 1. The number of anilines is 1. The van der Waals surface area contributed by atoms with Gasteiger partial charge in [0.2, 0.25) is 5.91 Å². The summed E-state index contributed by atoms with van der Waals surface area (Å²) in [5.41, 5.74) is 5.58. The Morgan fingerprint density at radius 1 is 0.829 bits per heavy atom. The Kier molecular flexibility index (Phi) is 6.31. The van der Waals surface area contributed by atoms with Gasteiger partial charge >= 0.3 is 0 Å². The van der Waals surface area contributed by atoms with Crippen molar-refractivity contribution < 1.29 is 9.53 Å². The summed E-state index contributed by atoms with van der Waals surface area (Å²) in [6.45, 7) is 1.81. The topological polar surface area (TPSA) is 64.1 Å². The minimum absolute atomic E-state index is 0.164. The Morgan fingerprint density at radius 3 is 2.43 bits per heavy atom. The number of fused-ring (bicyclic) bond motifs is 1. The van der Waals surface area contributed by atoms with Crippen LogP contribution in [0, 0.1) is 0 Å². The number of hydrogen-bond acceptors (Lipinski definition) is 4. The SMILES string of the molecule is C/C=C/C(=O)Nc1cccc(-c2cc(-c3ccc(Oc4ccccc4)cc3)cc3cncnc23)c1. The fourth-order valence-corrected chi connectivity index (χ4v) is 3.93. The lowest BCUT2D eigenvalue weighted by atomic mass is 9.96. The Bertz CT molecular complexity index is 1510. The second-order valence-electron chi connectivity index (χ2n) is 7.99. The zero-order valence-corrected chi connectivity index (χ0v) is 19.2. The van der Waals surface area contributed by atoms with Crippen molar-refractivity contribution in [3.63, 3.8) is 0 Å². The van der Waals surface area contributed by atoms with Crippen molar-refractivity contribution >= 4 is 22.5 Å². The third-order valence-corrected chi connectivity index (χ3v) is 5.53. The van der Waals surface area contributed by atoms with E-state index in [-0.39, 0.29) is 5.91 Å². The monoisotopic (exact) mass is 457 g/mol. The van der Waals surface area contributed by atoms with Crippen LogP contribution in [0.15, 0.2) is 116 Å². The quantitative estimate of drug-likeness (QED) is 0.272. The van der Waals surface area contributed by atoms with E-state index >= 15 is 0 Å². The van der Waals surface area contributed by atoms with Crippen LogP contribution in [0.1, 0.15) is 6.92 Å². The summed E-state index contributed by atoms with van der Waals surface area (Å²) < 4.78 is 5.94. The van der Waals surface area contributed by atoms with Gasteiger partial charge in [0.05, 0.1) is 5.52 Å². The standard InChI is InChI=1S/C30H23N3O2/c1-2-7-29(34)33-25-9-6-8-22(17-25)28-18-23(16-24-19-31-20-32-30(24)28)21-12-14-27(15-13-21)35-26-10-4-3-5-11-26/h2-20H,1H3,(H,33,34)/b7-2+. The molecule has 0 radical (unpaired) electrons. The fraction of sp³-hybridized carbons (Fsp3) is 0.0333. The summed E-state index contributed by atoms with van der Waals surface area (Å²) >= 11 is 0. The van der Waals surface area contributed by atoms with E-state index in [2.05, 4.69) is 27.4 Å². The lowest BCUT2D eigenvalue weighted by molar-refractivity contribution is -0.111. The van der Waals surface area contributed by atoms with Crippen molar-refractivity contribution in [3.8, 4) is 33.8 Å². The van der Waals surface area contributed by atoms with E-state index in [1.807, 2.05) is 92.0 Å². The smallest absolute Gasteiger partial charge is 0.248 e. The maximum Gasteiger partial charge on any atom is 0.248 e. The minimum Gasteiger partial charge on any atom is -0.457 e. The van der Waals surface area contributed by atoms with Gasteiger partial charge in [-0.15, -0.1) is 0 Å². The number of hydrogen-bond donors (Lipinski definition) is 1. The Labute approximate surface area is 203 Å². The summed E-state index contributed by atoms with van der Waals surface area (Å²) in [4.78, 5) is 20.8. The molecule has 1 amide bonds. The van der Waals surface area contributed by atoms with E-state index in [0.717, 1.165) is 50.3 Å². The summed E-state index contributed by atoms with van der Waals surface area (Å²) in [5, 5.41) is 3.84. The van der Waals surface area contributed by atoms with Crippen molar-refractivity contribution in [1.82, 2.24) is 9.97 Å². The zero-order valence-electron chi connectivity index (χ0n) is 19.2. The highest BCUT2D eigenvalue weighted by atomic mass is 16.5. The molecule has 5 heteroatoms. The van der Waals surface area contributed by atoms with Gasteiger partial charge in [0.25, 0.3) is 0 Å². The number of ether oxygens (including phenoxy) is 1. The summed E-state index contributed by atoms with van der Waals surface area (Å²) in [5.74, 6) is 1.41. The molecule has 4 aromatic carbocycles. The average Bonchev–Trinajstić information content (AvgIpc) is 2.89. The second-order valence-corrected chi connectivity index (χ2v) is 7.99. The van der Waals surface area contributed by atoms with Gasteiger partial charge in [0.1, 0.15) is 17.8 Å². The first-order valence-corrected chi connectivity index (χ1v) is 11.3. The number of carbonyl (C=O) groups excluding carboxylic acids is 1. The molecule has 35 heavy (non-hydrogen) atoms. The lowest BCUT2D eigenvalue weighted by Crippen LogP contribution is -2.07. The van der Waals surface area contributed by atoms with Gasteiger partial charge in [-0.25, -0.2) is 9.97 Å². The van der Waals surface area contributed by atoms with Gasteiger partial charge in [0.15, 0.2) is 0 Å². The average molecular weight is 458 g/mol. The van der Waals surface area contributed by atoms with Gasteiger partial charge in [-0.2, -0.15) is 0 Å². The van der Waals surface area contributed by atoms with Gasteiger partial charge in [-0.1, -0.05) is 48.5 Å². The van der Waals surface area contributed by atoms with E-state index in [1.54, 1.807) is 12.4 Å². The highest BCUT2D eigenvalue weighted by Crippen LogP contribution is 2.34. The molecule has 5 rings (SSSR count). The zero-order chi connectivity index (χ0) is 24.0. The molecule has 0 unspecified atom stereocenters. The Balaban J connectivity index is 1.52. The molecule has 5 nitrogen and oxygen atoms in total. The minimum atomic E-state index is -0.164. The molecule has 0 aliphatic carbocycles. The van der Waals surface area contributed by atoms with Crippen LogP contribution in [0.25, 0.3) is 33.2 Å². The molecule has 1 heterocycles. The van der Waals surface area contributed by atoms with Crippen molar-refractivity contribution in [2.24, 2.45) is 0 Å². The first-order valence-electron chi connectivity index (χ1n) is 11.3. The number of aromatic nitrogens is 2. The van der Waals surface area contributed by atoms with E-state index < -0.39 is 0 Å². The molecule has 0 saturated heterocycles. The molecule has 1 aromatic heterocycles. The second kappa shape index (κ2) is 10.0. The van der Waals surface area contributed by atoms with Crippen molar-refractivity contribution in [3.05, 3.63) is 116 Å². The molecule has 0 aliphatic heterocycles. The van der Waals surface area contributed by atoms with Gasteiger partial charge in [0, 0.05) is 22.8 Å². The predicted octanol–water partition coefficient (Wildman–Crippen LogP) is 7.27. The molecule has 170 valence electrons. The first-order chi connectivity index (χ1) is 17.2. The summed E-state index contributed by atoms with van der Waals surface area (Å²) in [6.07, 6.45) is 6.59.